The van der Waals surface area contributed by atoms with E-state index in [0.29, 0.717) is 25.1 Å². The molecule has 26 heavy (non-hydrogen) atoms. The molecule has 1 aliphatic heterocycles. The molecule has 2 heterocycles. The second-order valence-electron chi connectivity index (χ2n) is 6.38. The summed E-state index contributed by atoms with van der Waals surface area (Å²) in [5, 5.41) is 3.01. The van der Waals surface area contributed by atoms with Crippen molar-refractivity contribution in [3.05, 3.63) is 60.1 Å². The molecular weight excluding hydrogens is 354 g/mol. The highest BCUT2D eigenvalue weighted by atomic mass is 35.5. The first-order chi connectivity index (χ1) is 12.1. The minimum atomic E-state index is -0.562. The fourth-order valence-electron chi connectivity index (χ4n) is 3.06. The highest BCUT2D eigenvalue weighted by Crippen LogP contribution is 2.14. The van der Waals surface area contributed by atoms with Gasteiger partial charge in [-0.15, -0.1) is 12.4 Å². The minimum absolute atomic E-state index is 0. The van der Waals surface area contributed by atoms with Crippen LogP contribution in [0.2, 0.25) is 0 Å². The monoisotopic (exact) mass is 377 g/mol. The summed E-state index contributed by atoms with van der Waals surface area (Å²) in [7, 11) is 0. The van der Waals surface area contributed by atoms with Crippen LogP contribution in [0.1, 0.15) is 28.8 Å². The van der Waals surface area contributed by atoms with Gasteiger partial charge in [0.05, 0.1) is 17.9 Å². The summed E-state index contributed by atoms with van der Waals surface area (Å²) in [6.45, 7) is 1.23. The van der Waals surface area contributed by atoms with Crippen LogP contribution in [-0.4, -0.2) is 41.9 Å². The summed E-state index contributed by atoms with van der Waals surface area (Å²) in [6.07, 6.45) is 4.93. The maximum atomic E-state index is 12.3. The van der Waals surface area contributed by atoms with E-state index in [1.165, 1.54) is 12.5 Å². The van der Waals surface area contributed by atoms with E-state index in [1.54, 1.807) is 11.0 Å². The maximum Gasteiger partial charge on any atom is 0.257 e. The summed E-state index contributed by atoms with van der Waals surface area (Å²) in [4.78, 5) is 26.3. The van der Waals surface area contributed by atoms with E-state index in [0.717, 1.165) is 18.4 Å². The number of hydrogen-bond acceptors (Lipinski definition) is 4. The smallest absolute Gasteiger partial charge is 0.257 e. The molecule has 7 heteroatoms. The third-order valence-electron chi connectivity index (χ3n) is 4.53. The molecule has 6 nitrogen and oxygen atoms in total. The Morgan fingerprint density at radius 3 is 2.50 bits per heavy atom. The Kier molecular flexibility index (Phi) is 7.24. The number of benzene rings is 1. The Labute approximate surface area is 159 Å². The number of halogens is 1. The Balaban J connectivity index is 0.00000243. The molecule has 0 spiro atoms. The van der Waals surface area contributed by atoms with Crippen LogP contribution in [-0.2, 0) is 11.2 Å². The lowest BCUT2D eigenvalue weighted by molar-refractivity contribution is -0.123. The van der Waals surface area contributed by atoms with E-state index in [9.17, 15) is 9.59 Å². The van der Waals surface area contributed by atoms with Gasteiger partial charge in [-0.05, 0) is 30.9 Å². The standard InChI is InChI=1S/C19H23N3O3.ClH/c20-17(12-14-4-2-1-3-5-14)18(23)21-16-6-9-22(10-7-16)19(24)15-8-11-25-13-15;/h1-5,8,11,13,16-17H,6-7,9-10,12,20H2,(H,21,23);1H. The fourth-order valence-corrected chi connectivity index (χ4v) is 3.06. The first-order valence-electron chi connectivity index (χ1n) is 8.55. The molecule has 0 saturated carbocycles. The fraction of sp³-hybridized carbons (Fsp3) is 0.368. The molecule has 0 aliphatic carbocycles. The first kappa shape index (κ1) is 20.0. The van der Waals surface area contributed by atoms with Gasteiger partial charge in [0.25, 0.3) is 5.91 Å². The van der Waals surface area contributed by atoms with Gasteiger partial charge in [0.15, 0.2) is 0 Å². The van der Waals surface area contributed by atoms with Crippen molar-refractivity contribution in [1.29, 1.82) is 0 Å². The lowest BCUT2D eigenvalue weighted by Crippen LogP contribution is -2.51. The van der Waals surface area contributed by atoms with Crippen LogP contribution < -0.4 is 11.1 Å². The molecule has 1 atom stereocenters. The van der Waals surface area contributed by atoms with Crippen molar-refractivity contribution in [1.82, 2.24) is 10.2 Å². The second-order valence-corrected chi connectivity index (χ2v) is 6.38. The SMILES string of the molecule is Cl.NC(Cc1ccccc1)C(=O)NC1CCN(C(=O)c2ccoc2)CC1. The van der Waals surface area contributed by atoms with Crippen LogP contribution in [0.3, 0.4) is 0 Å². The number of furan rings is 1. The topological polar surface area (TPSA) is 88.6 Å². The predicted octanol–water partition coefficient (Wildman–Crippen LogP) is 1.99. The van der Waals surface area contributed by atoms with Crippen LogP contribution in [0.5, 0.6) is 0 Å². The van der Waals surface area contributed by atoms with Crippen molar-refractivity contribution in [3.8, 4) is 0 Å². The summed E-state index contributed by atoms with van der Waals surface area (Å²) >= 11 is 0. The van der Waals surface area contributed by atoms with E-state index in [4.69, 9.17) is 10.2 Å². The molecule has 140 valence electrons. The number of nitrogens with two attached hydrogens (primary N) is 1. The van der Waals surface area contributed by atoms with Crippen LogP contribution in [0.25, 0.3) is 0 Å². The predicted molar refractivity (Wildman–Crippen MR) is 101 cm³/mol. The van der Waals surface area contributed by atoms with Crippen molar-refractivity contribution in [2.75, 3.05) is 13.1 Å². The van der Waals surface area contributed by atoms with E-state index < -0.39 is 6.04 Å². The Morgan fingerprint density at radius 1 is 1.19 bits per heavy atom. The van der Waals surface area contributed by atoms with E-state index >= 15 is 0 Å². The first-order valence-corrected chi connectivity index (χ1v) is 8.55. The van der Waals surface area contributed by atoms with Gasteiger partial charge in [0, 0.05) is 19.1 Å². The largest absolute Gasteiger partial charge is 0.472 e. The third kappa shape index (κ3) is 5.09. The normalized spacial score (nSPS) is 15.8. The van der Waals surface area contributed by atoms with Gasteiger partial charge in [0.2, 0.25) is 5.91 Å². The Bertz CT molecular complexity index is 698. The molecular formula is C19H24ClN3O3. The third-order valence-corrected chi connectivity index (χ3v) is 4.53. The molecule has 0 radical (unpaired) electrons. The highest BCUT2D eigenvalue weighted by molar-refractivity contribution is 5.93. The van der Waals surface area contributed by atoms with Crippen LogP contribution >= 0.6 is 12.4 Å². The zero-order chi connectivity index (χ0) is 17.6. The second kappa shape index (κ2) is 9.40. The molecule has 1 saturated heterocycles. The lowest BCUT2D eigenvalue weighted by atomic mass is 10.0. The Hall–Kier alpha value is -2.31. The molecule has 2 amide bonds. The molecule has 2 aromatic rings. The molecule has 1 aliphatic rings. The zero-order valence-electron chi connectivity index (χ0n) is 14.5. The van der Waals surface area contributed by atoms with Gasteiger partial charge in [0.1, 0.15) is 6.26 Å². The van der Waals surface area contributed by atoms with E-state index in [-0.39, 0.29) is 30.3 Å². The number of piperidine rings is 1. The number of rotatable bonds is 5. The van der Waals surface area contributed by atoms with Crippen molar-refractivity contribution in [2.24, 2.45) is 5.73 Å². The zero-order valence-corrected chi connectivity index (χ0v) is 15.3. The van der Waals surface area contributed by atoms with Crippen LogP contribution in [0.4, 0.5) is 0 Å². The van der Waals surface area contributed by atoms with Gasteiger partial charge in [-0.25, -0.2) is 0 Å². The van der Waals surface area contributed by atoms with Gasteiger partial charge in [-0.3, -0.25) is 9.59 Å². The number of hydrogen-bond donors (Lipinski definition) is 2. The Morgan fingerprint density at radius 2 is 1.88 bits per heavy atom. The summed E-state index contributed by atoms with van der Waals surface area (Å²) in [5.74, 6) is -0.164. The number of likely N-dealkylation sites (tertiary alicyclic amines) is 1. The summed E-state index contributed by atoms with van der Waals surface area (Å²) in [5.41, 5.74) is 7.63. The van der Waals surface area contributed by atoms with Gasteiger partial charge in [-0.2, -0.15) is 0 Å². The van der Waals surface area contributed by atoms with Gasteiger partial charge < -0.3 is 20.4 Å². The van der Waals surface area contributed by atoms with E-state index in [1.807, 2.05) is 30.3 Å². The maximum absolute atomic E-state index is 12.3. The van der Waals surface area contributed by atoms with Gasteiger partial charge in [-0.1, -0.05) is 30.3 Å². The molecule has 0 bridgehead atoms. The van der Waals surface area contributed by atoms with Crippen molar-refractivity contribution in [2.45, 2.75) is 31.3 Å². The number of nitrogens with zero attached hydrogens (tertiary/aromatic N) is 1. The number of carbonyl (C=O) groups excluding carboxylic acids is 2. The van der Waals surface area contributed by atoms with Crippen molar-refractivity contribution >= 4 is 24.2 Å². The number of carbonyl (C=O) groups is 2. The van der Waals surface area contributed by atoms with Gasteiger partial charge >= 0.3 is 0 Å². The quantitative estimate of drug-likeness (QED) is 0.834. The van der Waals surface area contributed by atoms with Crippen molar-refractivity contribution in [3.63, 3.8) is 0 Å². The van der Waals surface area contributed by atoms with Crippen molar-refractivity contribution < 1.29 is 14.0 Å². The van der Waals surface area contributed by atoms with Crippen LogP contribution in [0.15, 0.2) is 53.3 Å². The molecule has 1 fully saturated rings. The summed E-state index contributed by atoms with van der Waals surface area (Å²) in [6, 6.07) is 10.9. The molecule has 3 rings (SSSR count). The lowest BCUT2D eigenvalue weighted by Gasteiger charge is -2.32. The van der Waals surface area contributed by atoms with E-state index in [2.05, 4.69) is 5.32 Å². The van der Waals surface area contributed by atoms with Crippen LogP contribution in [0, 0.1) is 0 Å². The average molecular weight is 378 g/mol. The molecule has 1 aromatic heterocycles. The molecule has 3 N–H and O–H groups in total. The minimum Gasteiger partial charge on any atom is -0.472 e. The number of nitrogens with one attached hydrogen (secondary N) is 1. The highest BCUT2D eigenvalue weighted by Gasteiger charge is 2.26. The number of amides is 2. The molecule has 1 aromatic carbocycles. The average Bonchev–Trinajstić information content (AvgIpc) is 3.17. The summed E-state index contributed by atoms with van der Waals surface area (Å²) < 4.78 is 4.96. The molecule has 1 unspecified atom stereocenters.